The first kappa shape index (κ1) is 16.2. The van der Waals surface area contributed by atoms with Crippen molar-refractivity contribution in [2.45, 2.75) is 46.1 Å². The minimum atomic E-state index is -1.38. The summed E-state index contributed by atoms with van der Waals surface area (Å²) in [5, 5.41) is 17.2. The molecule has 1 heterocycles. The van der Waals surface area contributed by atoms with Crippen molar-refractivity contribution < 1.29 is 9.90 Å². The summed E-state index contributed by atoms with van der Waals surface area (Å²) < 4.78 is 1.77. The van der Waals surface area contributed by atoms with Crippen molar-refractivity contribution in [2.24, 2.45) is 0 Å². The SMILES string of the molecule is CCCC(C)(O)C(=O)Nc1cc(C)n(-c2ccc(C)cc2)n1. The lowest BCUT2D eigenvalue weighted by Crippen LogP contribution is -2.39. The van der Waals surface area contributed by atoms with Crippen LogP contribution in [0.15, 0.2) is 30.3 Å². The van der Waals surface area contributed by atoms with Crippen LogP contribution in [0, 0.1) is 13.8 Å². The van der Waals surface area contributed by atoms with Gasteiger partial charge in [-0.1, -0.05) is 31.0 Å². The van der Waals surface area contributed by atoms with Crippen LogP contribution in [-0.2, 0) is 4.79 Å². The molecule has 2 aromatic rings. The maximum absolute atomic E-state index is 12.1. The lowest BCUT2D eigenvalue weighted by molar-refractivity contribution is -0.133. The predicted molar refractivity (Wildman–Crippen MR) is 87.2 cm³/mol. The molecule has 5 heteroatoms. The van der Waals surface area contributed by atoms with Crippen LogP contribution in [0.3, 0.4) is 0 Å². The molecule has 2 N–H and O–H groups in total. The lowest BCUT2D eigenvalue weighted by Gasteiger charge is -2.20. The topological polar surface area (TPSA) is 67.2 Å². The largest absolute Gasteiger partial charge is 0.380 e. The number of aromatic nitrogens is 2. The van der Waals surface area contributed by atoms with Gasteiger partial charge in [-0.15, -0.1) is 5.10 Å². The Morgan fingerprint density at radius 3 is 2.55 bits per heavy atom. The van der Waals surface area contributed by atoms with E-state index >= 15 is 0 Å². The molecule has 1 amide bonds. The summed E-state index contributed by atoms with van der Waals surface area (Å²) in [4.78, 5) is 12.1. The van der Waals surface area contributed by atoms with Gasteiger partial charge in [-0.2, -0.15) is 0 Å². The molecule has 1 atom stereocenters. The van der Waals surface area contributed by atoms with Gasteiger partial charge in [0.25, 0.3) is 5.91 Å². The van der Waals surface area contributed by atoms with E-state index in [2.05, 4.69) is 10.4 Å². The van der Waals surface area contributed by atoms with Gasteiger partial charge in [0, 0.05) is 11.8 Å². The van der Waals surface area contributed by atoms with Gasteiger partial charge in [-0.25, -0.2) is 4.68 Å². The zero-order valence-electron chi connectivity index (χ0n) is 13.6. The normalized spacial score (nSPS) is 13.7. The first-order valence-corrected chi connectivity index (χ1v) is 7.51. The minimum Gasteiger partial charge on any atom is -0.380 e. The van der Waals surface area contributed by atoms with Crippen LogP contribution >= 0.6 is 0 Å². The van der Waals surface area contributed by atoms with E-state index < -0.39 is 11.5 Å². The van der Waals surface area contributed by atoms with Gasteiger partial charge >= 0.3 is 0 Å². The van der Waals surface area contributed by atoms with Crippen molar-refractivity contribution in [1.82, 2.24) is 9.78 Å². The van der Waals surface area contributed by atoms with E-state index in [0.717, 1.165) is 17.8 Å². The summed E-state index contributed by atoms with van der Waals surface area (Å²) in [6.45, 7) is 7.40. The fourth-order valence-electron chi connectivity index (χ4n) is 2.33. The van der Waals surface area contributed by atoms with E-state index in [4.69, 9.17) is 0 Å². The lowest BCUT2D eigenvalue weighted by atomic mass is 10.00. The summed E-state index contributed by atoms with van der Waals surface area (Å²) in [7, 11) is 0. The second-order valence-electron chi connectivity index (χ2n) is 5.90. The van der Waals surface area contributed by atoms with Crippen molar-refractivity contribution in [3.63, 3.8) is 0 Å². The average Bonchev–Trinajstić information content (AvgIpc) is 2.80. The van der Waals surface area contributed by atoms with Crippen LogP contribution in [0.25, 0.3) is 5.69 Å². The molecule has 0 fully saturated rings. The van der Waals surface area contributed by atoms with Crippen molar-refractivity contribution in [3.8, 4) is 5.69 Å². The van der Waals surface area contributed by atoms with Crippen molar-refractivity contribution in [2.75, 3.05) is 5.32 Å². The summed E-state index contributed by atoms with van der Waals surface area (Å²) in [6.07, 6.45) is 1.15. The summed E-state index contributed by atoms with van der Waals surface area (Å²) in [6, 6.07) is 9.78. The van der Waals surface area contributed by atoms with Gasteiger partial charge in [-0.3, -0.25) is 4.79 Å². The number of benzene rings is 1. The Balaban J connectivity index is 2.20. The van der Waals surface area contributed by atoms with E-state index in [0.29, 0.717) is 12.2 Å². The molecule has 5 nitrogen and oxygen atoms in total. The number of aliphatic hydroxyl groups is 1. The van der Waals surface area contributed by atoms with Crippen LogP contribution in [0.5, 0.6) is 0 Å². The molecule has 0 saturated carbocycles. The highest BCUT2D eigenvalue weighted by Gasteiger charge is 2.29. The average molecular weight is 301 g/mol. The Hall–Kier alpha value is -2.14. The number of amides is 1. The molecule has 2 rings (SSSR count). The van der Waals surface area contributed by atoms with Gasteiger partial charge in [0.15, 0.2) is 5.82 Å². The first-order valence-electron chi connectivity index (χ1n) is 7.51. The number of rotatable bonds is 5. The Kier molecular flexibility index (Phi) is 4.66. The smallest absolute Gasteiger partial charge is 0.257 e. The van der Waals surface area contributed by atoms with Crippen LogP contribution in [0.1, 0.15) is 37.9 Å². The molecule has 0 spiro atoms. The van der Waals surface area contributed by atoms with Gasteiger partial charge in [-0.05, 0) is 39.3 Å². The number of aryl methyl sites for hydroxylation is 2. The molecule has 1 unspecified atom stereocenters. The molecule has 118 valence electrons. The molecular formula is C17H23N3O2. The van der Waals surface area contributed by atoms with Crippen LogP contribution < -0.4 is 5.32 Å². The monoisotopic (exact) mass is 301 g/mol. The zero-order valence-corrected chi connectivity index (χ0v) is 13.6. The number of nitrogens with one attached hydrogen (secondary N) is 1. The highest BCUT2D eigenvalue weighted by molar-refractivity contribution is 5.96. The predicted octanol–water partition coefficient (Wildman–Crippen LogP) is 2.98. The van der Waals surface area contributed by atoms with Gasteiger partial charge in [0.05, 0.1) is 5.69 Å². The number of hydrogen-bond acceptors (Lipinski definition) is 3. The van der Waals surface area contributed by atoms with E-state index in [1.165, 1.54) is 12.5 Å². The highest BCUT2D eigenvalue weighted by Crippen LogP contribution is 2.18. The van der Waals surface area contributed by atoms with Crippen molar-refractivity contribution >= 4 is 11.7 Å². The summed E-state index contributed by atoms with van der Waals surface area (Å²) in [5.41, 5.74) is 1.65. The van der Waals surface area contributed by atoms with Crippen LogP contribution in [-0.4, -0.2) is 26.4 Å². The molecule has 0 saturated heterocycles. The van der Waals surface area contributed by atoms with E-state index in [9.17, 15) is 9.90 Å². The fraction of sp³-hybridized carbons (Fsp3) is 0.412. The molecule has 0 bridgehead atoms. The number of nitrogens with zero attached hydrogens (tertiary/aromatic N) is 2. The Morgan fingerprint density at radius 1 is 1.32 bits per heavy atom. The number of carbonyl (C=O) groups is 1. The van der Waals surface area contributed by atoms with E-state index in [-0.39, 0.29) is 0 Å². The molecule has 0 aliphatic heterocycles. The van der Waals surface area contributed by atoms with E-state index in [1.807, 2.05) is 45.0 Å². The summed E-state index contributed by atoms with van der Waals surface area (Å²) >= 11 is 0. The third kappa shape index (κ3) is 3.54. The number of anilines is 1. The molecule has 0 aliphatic carbocycles. The van der Waals surface area contributed by atoms with E-state index in [1.54, 1.807) is 10.7 Å². The Labute approximate surface area is 131 Å². The number of hydrogen-bond donors (Lipinski definition) is 2. The van der Waals surface area contributed by atoms with Gasteiger partial charge in [0.1, 0.15) is 5.60 Å². The zero-order chi connectivity index (χ0) is 16.3. The van der Waals surface area contributed by atoms with Crippen LogP contribution in [0.2, 0.25) is 0 Å². The quantitative estimate of drug-likeness (QED) is 0.892. The second kappa shape index (κ2) is 6.32. The third-order valence-corrected chi connectivity index (χ3v) is 3.63. The molecule has 1 aromatic heterocycles. The minimum absolute atomic E-state index is 0.413. The maximum atomic E-state index is 12.1. The molecule has 22 heavy (non-hydrogen) atoms. The Bertz CT molecular complexity index is 657. The van der Waals surface area contributed by atoms with Crippen molar-refractivity contribution in [1.29, 1.82) is 0 Å². The molecular weight excluding hydrogens is 278 g/mol. The summed E-state index contributed by atoms with van der Waals surface area (Å²) in [5.74, 6) is 0.0161. The highest BCUT2D eigenvalue weighted by atomic mass is 16.3. The third-order valence-electron chi connectivity index (χ3n) is 3.63. The van der Waals surface area contributed by atoms with Gasteiger partial charge in [0.2, 0.25) is 0 Å². The molecule has 0 aliphatic rings. The molecule has 0 radical (unpaired) electrons. The Morgan fingerprint density at radius 2 is 1.95 bits per heavy atom. The molecule has 1 aromatic carbocycles. The van der Waals surface area contributed by atoms with Crippen LogP contribution in [0.4, 0.5) is 5.82 Å². The van der Waals surface area contributed by atoms with Gasteiger partial charge < -0.3 is 10.4 Å². The van der Waals surface area contributed by atoms with Crippen molar-refractivity contribution in [3.05, 3.63) is 41.6 Å². The maximum Gasteiger partial charge on any atom is 0.257 e. The standard InChI is InChI=1S/C17H23N3O2/c1-5-10-17(4,22)16(21)18-15-11-13(3)20(19-15)14-8-6-12(2)7-9-14/h6-9,11,22H,5,10H2,1-4H3,(H,18,19,21). The number of carbonyl (C=O) groups excluding carboxylic acids is 1. The fourth-order valence-corrected chi connectivity index (χ4v) is 2.33. The second-order valence-corrected chi connectivity index (χ2v) is 5.90. The first-order chi connectivity index (χ1) is 10.3.